The number of hydrogen-bond acceptors (Lipinski definition) is 5. The van der Waals surface area contributed by atoms with Crippen molar-refractivity contribution >= 4 is 16.7 Å². The predicted octanol–water partition coefficient (Wildman–Crippen LogP) is 0.829. The fraction of sp³-hybridized carbons (Fsp3) is 0.286. The van der Waals surface area contributed by atoms with Gasteiger partial charge in [-0.15, -0.1) is 0 Å². The molecule has 2 aromatic rings. The molecule has 0 unspecified atom stereocenters. The van der Waals surface area contributed by atoms with Crippen molar-refractivity contribution in [1.29, 1.82) is 0 Å². The maximum Gasteiger partial charge on any atom is 0.200 e. The van der Waals surface area contributed by atoms with Crippen molar-refractivity contribution in [3.8, 4) is 11.5 Å². The average molecular weight is 195 g/mol. The van der Waals surface area contributed by atoms with Crippen LogP contribution in [0.15, 0.2) is 6.33 Å². The van der Waals surface area contributed by atoms with Crippen LogP contribution in [-0.4, -0.2) is 18.9 Å². The number of imidazole rings is 1. The Hall–Kier alpha value is -1.43. The van der Waals surface area contributed by atoms with Crippen LogP contribution in [0.4, 0.5) is 5.13 Å². The summed E-state index contributed by atoms with van der Waals surface area (Å²) in [6, 6.07) is 0. The van der Waals surface area contributed by atoms with Crippen LogP contribution in [-0.2, 0) is 7.05 Å². The Morgan fingerprint density at radius 3 is 2.77 bits per heavy atom. The van der Waals surface area contributed by atoms with Crippen LogP contribution < -0.4 is 5.73 Å². The third kappa shape index (κ3) is 1.29. The molecule has 0 aliphatic carbocycles. The summed E-state index contributed by atoms with van der Waals surface area (Å²) in [6.07, 6.45) is 1.74. The second kappa shape index (κ2) is 2.81. The smallest absolute Gasteiger partial charge is 0.200 e. The lowest BCUT2D eigenvalue weighted by Gasteiger charge is -1.96. The van der Waals surface area contributed by atoms with Crippen molar-refractivity contribution in [2.75, 3.05) is 5.73 Å². The summed E-state index contributed by atoms with van der Waals surface area (Å²) >= 11 is 1.20. The van der Waals surface area contributed by atoms with Crippen molar-refractivity contribution in [3.63, 3.8) is 0 Å². The fourth-order valence-corrected chi connectivity index (χ4v) is 1.63. The van der Waals surface area contributed by atoms with E-state index in [1.54, 1.807) is 6.33 Å². The van der Waals surface area contributed by atoms with Crippen molar-refractivity contribution in [2.24, 2.45) is 7.05 Å². The molecule has 6 heteroatoms. The van der Waals surface area contributed by atoms with Gasteiger partial charge in [-0.1, -0.05) is 0 Å². The molecule has 0 aliphatic heterocycles. The van der Waals surface area contributed by atoms with E-state index in [-0.39, 0.29) is 0 Å². The lowest BCUT2D eigenvalue weighted by molar-refractivity contribution is 0.913. The van der Waals surface area contributed by atoms with Crippen LogP contribution in [0, 0.1) is 6.92 Å². The third-order valence-corrected chi connectivity index (χ3v) is 2.32. The van der Waals surface area contributed by atoms with Gasteiger partial charge in [-0.2, -0.15) is 9.36 Å². The van der Waals surface area contributed by atoms with Gasteiger partial charge in [0, 0.05) is 18.6 Å². The maximum atomic E-state index is 5.50. The molecule has 0 saturated carbocycles. The highest BCUT2D eigenvalue weighted by Crippen LogP contribution is 2.21. The van der Waals surface area contributed by atoms with Crippen LogP contribution >= 0.6 is 11.5 Å². The predicted molar refractivity (Wildman–Crippen MR) is 51.3 cm³/mol. The van der Waals surface area contributed by atoms with Gasteiger partial charge in [-0.25, -0.2) is 4.98 Å². The molecule has 2 rings (SSSR count). The number of rotatable bonds is 1. The molecule has 13 heavy (non-hydrogen) atoms. The highest BCUT2D eigenvalue weighted by molar-refractivity contribution is 7.09. The number of nitrogen functional groups attached to an aromatic ring is 1. The van der Waals surface area contributed by atoms with Crippen LogP contribution in [0.5, 0.6) is 0 Å². The molecule has 0 bridgehead atoms. The van der Waals surface area contributed by atoms with Gasteiger partial charge in [0.25, 0.3) is 0 Å². The Morgan fingerprint density at radius 1 is 1.54 bits per heavy atom. The van der Waals surface area contributed by atoms with Crippen LogP contribution in [0.3, 0.4) is 0 Å². The second-order valence-electron chi connectivity index (χ2n) is 2.75. The molecule has 0 fully saturated rings. The summed E-state index contributed by atoms with van der Waals surface area (Å²) in [5, 5.41) is 0.482. The zero-order valence-corrected chi connectivity index (χ0v) is 8.17. The van der Waals surface area contributed by atoms with E-state index in [1.165, 1.54) is 11.5 Å². The topological polar surface area (TPSA) is 69.6 Å². The highest BCUT2D eigenvalue weighted by Gasteiger charge is 2.11. The number of aromatic nitrogens is 4. The van der Waals surface area contributed by atoms with E-state index in [9.17, 15) is 0 Å². The van der Waals surface area contributed by atoms with Gasteiger partial charge in [-0.05, 0) is 6.92 Å². The van der Waals surface area contributed by atoms with E-state index in [2.05, 4.69) is 14.3 Å². The van der Waals surface area contributed by atoms with Crippen molar-refractivity contribution < 1.29 is 0 Å². The van der Waals surface area contributed by atoms with Gasteiger partial charge in [0.05, 0.1) is 12.0 Å². The van der Waals surface area contributed by atoms with E-state index >= 15 is 0 Å². The zero-order valence-electron chi connectivity index (χ0n) is 7.35. The SMILES string of the molecule is Cc1ncn(C)c1-c1nsc(N)n1. The molecule has 68 valence electrons. The molecule has 0 amide bonds. The van der Waals surface area contributed by atoms with Crippen molar-refractivity contribution in [2.45, 2.75) is 6.92 Å². The second-order valence-corrected chi connectivity index (χ2v) is 3.53. The van der Waals surface area contributed by atoms with Gasteiger partial charge in [0.2, 0.25) is 0 Å². The van der Waals surface area contributed by atoms with E-state index in [4.69, 9.17) is 5.73 Å². The van der Waals surface area contributed by atoms with Gasteiger partial charge in [-0.3, -0.25) is 0 Å². The monoisotopic (exact) mass is 195 g/mol. The summed E-state index contributed by atoms with van der Waals surface area (Å²) in [5.74, 6) is 0.653. The quantitative estimate of drug-likeness (QED) is 0.731. The van der Waals surface area contributed by atoms with Crippen molar-refractivity contribution in [1.82, 2.24) is 18.9 Å². The Morgan fingerprint density at radius 2 is 2.31 bits per heavy atom. The van der Waals surface area contributed by atoms with E-state index in [0.717, 1.165) is 11.4 Å². The van der Waals surface area contributed by atoms with E-state index < -0.39 is 0 Å². The van der Waals surface area contributed by atoms with Crippen LogP contribution in [0.1, 0.15) is 5.69 Å². The van der Waals surface area contributed by atoms with E-state index in [0.29, 0.717) is 11.0 Å². The molecule has 0 radical (unpaired) electrons. The van der Waals surface area contributed by atoms with Gasteiger partial charge < -0.3 is 10.3 Å². The molecule has 0 aromatic carbocycles. The lowest BCUT2D eigenvalue weighted by atomic mass is 10.3. The van der Waals surface area contributed by atoms with Gasteiger partial charge in [0.15, 0.2) is 11.0 Å². The zero-order chi connectivity index (χ0) is 9.42. The van der Waals surface area contributed by atoms with E-state index in [1.807, 2.05) is 18.5 Å². The van der Waals surface area contributed by atoms with Gasteiger partial charge >= 0.3 is 0 Å². The van der Waals surface area contributed by atoms with Crippen LogP contribution in [0.25, 0.3) is 11.5 Å². The first-order valence-electron chi connectivity index (χ1n) is 3.76. The highest BCUT2D eigenvalue weighted by atomic mass is 32.1. The van der Waals surface area contributed by atoms with Gasteiger partial charge in [0.1, 0.15) is 5.69 Å². The average Bonchev–Trinajstić information content (AvgIpc) is 2.60. The van der Waals surface area contributed by atoms with Crippen molar-refractivity contribution in [3.05, 3.63) is 12.0 Å². The molecule has 0 saturated heterocycles. The Bertz CT molecular complexity index is 410. The number of hydrogen-bond donors (Lipinski definition) is 1. The molecule has 2 heterocycles. The molecule has 0 spiro atoms. The minimum atomic E-state index is 0.482. The first-order valence-corrected chi connectivity index (χ1v) is 4.53. The Balaban J connectivity index is 2.57. The fourth-order valence-electron chi connectivity index (χ4n) is 1.20. The minimum absolute atomic E-state index is 0.482. The lowest BCUT2D eigenvalue weighted by Crippen LogP contribution is -1.93. The molecule has 2 aromatic heterocycles. The number of nitrogens with two attached hydrogens (primary N) is 1. The summed E-state index contributed by atoms with van der Waals surface area (Å²) in [7, 11) is 1.91. The molecule has 2 N–H and O–H groups in total. The molecular weight excluding hydrogens is 186 g/mol. The number of nitrogens with zero attached hydrogens (tertiary/aromatic N) is 4. The number of aryl methyl sites for hydroxylation is 2. The molecule has 0 atom stereocenters. The normalized spacial score (nSPS) is 10.6. The first kappa shape index (κ1) is 8.18. The number of anilines is 1. The summed E-state index contributed by atoms with van der Waals surface area (Å²) in [6.45, 7) is 1.92. The largest absolute Gasteiger partial charge is 0.374 e. The Kier molecular flexibility index (Phi) is 1.77. The maximum absolute atomic E-state index is 5.50. The Labute approximate surface area is 79.4 Å². The molecular formula is C7H9N5S. The summed E-state index contributed by atoms with van der Waals surface area (Å²) < 4.78 is 6.01. The minimum Gasteiger partial charge on any atom is -0.374 e. The summed E-state index contributed by atoms with van der Waals surface area (Å²) in [4.78, 5) is 8.25. The summed E-state index contributed by atoms with van der Waals surface area (Å²) in [5.41, 5.74) is 7.34. The molecule has 0 aliphatic rings. The standard InChI is InChI=1S/C7H9N5S/c1-4-5(12(2)3-9-4)6-10-7(8)13-11-6/h3H,1-2H3,(H2,8,10,11). The molecule has 5 nitrogen and oxygen atoms in total. The third-order valence-electron chi connectivity index (χ3n) is 1.77. The first-order chi connectivity index (χ1) is 6.18. The van der Waals surface area contributed by atoms with Crippen LogP contribution in [0.2, 0.25) is 0 Å².